The number of nitrogens with one attached hydrogen (secondary N) is 3. The number of amides is 1. The third-order valence-electron chi connectivity index (χ3n) is 4.01. The molecule has 3 rings (SSSR count). The van der Waals surface area contributed by atoms with E-state index in [-0.39, 0.29) is 5.91 Å². The van der Waals surface area contributed by atoms with Crippen LogP contribution >= 0.6 is 0 Å². The van der Waals surface area contributed by atoms with Crippen molar-refractivity contribution in [3.63, 3.8) is 0 Å². The fraction of sp³-hybridized carbons (Fsp3) is 0.211. The number of aryl methyl sites for hydroxylation is 2. The first-order chi connectivity index (χ1) is 12.1. The van der Waals surface area contributed by atoms with E-state index < -0.39 is 0 Å². The number of hydrogen-bond donors (Lipinski definition) is 4. The van der Waals surface area contributed by atoms with E-state index in [4.69, 9.17) is 10.6 Å². The van der Waals surface area contributed by atoms with Crippen LogP contribution in [0, 0.1) is 13.8 Å². The van der Waals surface area contributed by atoms with E-state index in [0.29, 0.717) is 24.6 Å². The molecule has 6 heteroatoms. The second-order valence-electron chi connectivity index (χ2n) is 5.95. The van der Waals surface area contributed by atoms with E-state index in [1.807, 2.05) is 56.3 Å². The molecule has 1 aromatic heterocycles. The minimum Gasteiger partial charge on any atom is -0.489 e. The van der Waals surface area contributed by atoms with Gasteiger partial charge in [0.2, 0.25) is 0 Å². The number of aromatic amines is 1. The smallest absolute Gasteiger partial charge is 0.275 e. The normalized spacial score (nSPS) is 10.8. The van der Waals surface area contributed by atoms with Gasteiger partial charge in [0.05, 0.1) is 0 Å². The lowest BCUT2D eigenvalue weighted by atomic mass is 10.1. The number of aromatic nitrogens is 1. The fourth-order valence-corrected chi connectivity index (χ4v) is 2.78. The van der Waals surface area contributed by atoms with Crippen LogP contribution in [0.3, 0.4) is 0 Å². The number of anilines is 1. The summed E-state index contributed by atoms with van der Waals surface area (Å²) in [6, 6.07) is 13.6. The van der Waals surface area contributed by atoms with Crippen LogP contribution in [0.15, 0.2) is 42.5 Å². The molecule has 1 amide bonds. The Hall–Kier alpha value is -2.83. The molecule has 3 aromatic rings. The Morgan fingerprint density at radius 3 is 2.76 bits per heavy atom. The molecule has 1 heterocycles. The predicted octanol–water partition coefficient (Wildman–Crippen LogP) is 2.88. The van der Waals surface area contributed by atoms with Gasteiger partial charge in [-0.3, -0.25) is 16.1 Å². The summed E-state index contributed by atoms with van der Waals surface area (Å²) in [5.74, 6) is 5.59. The average molecular weight is 338 g/mol. The maximum Gasteiger partial charge on any atom is 0.275 e. The SMILES string of the molecule is Cc1ccc(NC(=O)c2[nH]c3ccccc3c2OCCNN)c(C)c1. The lowest BCUT2D eigenvalue weighted by Crippen LogP contribution is -2.27. The molecule has 0 atom stereocenters. The molecule has 0 bridgehead atoms. The van der Waals surface area contributed by atoms with Crippen molar-refractivity contribution in [3.05, 3.63) is 59.3 Å². The number of hydrazine groups is 1. The number of carbonyl (C=O) groups excluding carboxylic acids is 1. The highest BCUT2D eigenvalue weighted by atomic mass is 16.5. The minimum absolute atomic E-state index is 0.237. The van der Waals surface area contributed by atoms with E-state index in [1.165, 1.54) is 0 Å². The van der Waals surface area contributed by atoms with Crippen LogP contribution in [0.1, 0.15) is 21.6 Å². The average Bonchev–Trinajstić information content (AvgIpc) is 2.97. The van der Waals surface area contributed by atoms with E-state index >= 15 is 0 Å². The van der Waals surface area contributed by atoms with Crippen LogP contribution in [0.5, 0.6) is 5.75 Å². The molecular weight excluding hydrogens is 316 g/mol. The molecule has 2 aromatic carbocycles. The summed E-state index contributed by atoms with van der Waals surface area (Å²) >= 11 is 0. The molecule has 0 saturated heterocycles. The van der Waals surface area contributed by atoms with Gasteiger partial charge in [0, 0.05) is 23.1 Å². The predicted molar refractivity (Wildman–Crippen MR) is 99.9 cm³/mol. The molecule has 0 fully saturated rings. The third-order valence-corrected chi connectivity index (χ3v) is 4.01. The summed E-state index contributed by atoms with van der Waals surface area (Å²) < 4.78 is 5.80. The maximum atomic E-state index is 12.8. The highest BCUT2D eigenvalue weighted by Gasteiger charge is 2.19. The Morgan fingerprint density at radius 1 is 1.20 bits per heavy atom. The van der Waals surface area contributed by atoms with Crippen molar-refractivity contribution in [2.45, 2.75) is 13.8 Å². The third kappa shape index (κ3) is 3.65. The van der Waals surface area contributed by atoms with Crippen molar-refractivity contribution in [2.75, 3.05) is 18.5 Å². The Kier molecular flexibility index (Phi) is 5.02. The van der Waals surface area contributed by atoms with E-state index in [9.17, 15) is 4.79 Å². The monoisotopic (exact) mass is 338 g/mol. The number of H-pyrrole nitrogens is 1. The van der Waals surface area contributed by atoms with Crippen molar-refractivity contribution in [3.8, 4) is 5.75 Å². The quantitative estimate of drug-likeness (QED) is 0.316. The molecule has 0 aliphatic rings. The summed E-state index contributed by atoms with van der Waals surface area (Å²) in [4.78, 5) is 16.0. The van der Waals surface area contributed by atoms with Crippen LogP contribution in [0.4, 0.5) is 5.69 Å². The van der Waals surface area contributed by atoms with Crippen molar-refractivity contribution < 1.29 is 9.53 Å². The summed E-state index contributed by atoms with van der Waals surface area (Å²) in [7, 11) is 0. The molecule has 25 heavy (non-hydrogen) atoms. The van der Waals surface area contributed by atoms with Gasteiger partial charge in [-0.1, -0.05) is 29.8 Å². The number of fused-ring (bicyclic) bond motifs is 1. The number of hydrogen-bond acceptors (Lipinski definition) is 4. The van der Waals surface area contributed by atoms with Gasteiger partial charge in [-0.25, -0.2) is 0 Å². The maximum absolute atomic E-state index is 12.8. The lowest BCUT2D eigenvalue weighted by molar-refractivity contribution is 0.101. The molecule has 0 unspecified atom stereocenters. The zero-order valence-electron chi connectivity index (χ0n) is 14.3. The number of rotatable bonds is 6. The summed E-state index contributed by atoms with van der Waals surface area (Å²) in [5.41, 5.74) is 6.74. The van der Waals surface area contributed by atoms with Crippen molar-refractivity contribution >= 4 is 22.5 Å². The number of para-hydroxylation sites is 1. The highest BCUT2D eigenvalue weighted by Crippen LogP contribution is 2.31. The van der Waals surface area contributed by atoms with Crippen LogP contribution < -0.4 is 21.3 Å². The van der Waals surface area contributed by atoms with Gasteiger partial charge in [-0.05, 0) is 37.6 Å². The Labute approximate surface area is 146 Å². The van der Waals surface area contributed by atoms with Gasteiger partial charge in [-0.15, -0.1) is 0 Å². The number of ether oxygens (including phenoxy) is 1. The van der Waals surface area contributed by atoms with Gasteiger partial charge >= 0.3 is 0 Å². The van der Waals surface area contributed by atoms with Gasteiger partial charge in [0.15, 0.2) is 5.75 Å². The Morgan fingerprint density at radius 2 is 2.00 bits per heavy atom. The van der Waals surface area contributed by atoms with Crippen LogP contribution in [-0.2, 0) is 0 Å². The molecule has 0 aliphatic carbocycles. The Bertz CT molecular complexity index is 902. The van der Waals surface area contributed by atoms with Crippen LogP contribution in [0.2, 0.25) is 0 Å². The van der Waals surface area contributed by atoms with Crippen molar-refractivity contribution in [1.29, 1.82) is 0 Å². The number of nitrogens with two attached hydrogens (primary N) is 1. The molecule has 0 saturated carbocycles. The molecule has 130 valence electrons. The van der Waals surface area contributed by atoms with Crippen molar-refractivity contribution in [1.82, 2.24) is 10.4 Å². The first-order valence-electron chi connectivity index (χ1n) is 8.15. The summed E-state index contributed by atoms with van der Waals surface area (Å²) in [5, 5.41) is 3.82. The van der Waals surface area contributed by atoms with Crippen molar-refractivity contribution in [2.24, 2.45) is 5.84 Å². The van der Waals surface area contributed by atoms with Crippen LogP contribution in [-0.4, -0.2) is 24.0 Å². The van der Waals surface area contributed by atoms with Gasteiger partial charge in [0.1, 0.15) is 12.3 Å². The zero-order valence-corrected chi connectivity index (χ0v) is 14.3. The Balaban J connectivity index is 1.93. The van der Waals surface area contributed by atoms with E-state index in [0.717, 1.165) is 27.7 Å². The first-order valence-corrected chi connectivity index (χ1v) is 8.15. The zero-order chi connectivity index (χ0) is 17.8. The molecule has 6 nitrogen and oxygen atoms in total. The molecular formula is C19H22N4O2. The molecule has 5 N–H and O–H groups in total. The number of benzene rings is 2. The second kappa shape index (κ2) is 7.38. The standard InChI is InChI=1S/C19H22N4O2/c1-12-7-8-15(13(2)11-12)23-19(24)17-18(25-10-9-21-20)14-5-3-4-6-16(14)22-17/h3-8,11,21-22H,9-10,20H2,1-2H3,(H,23,24). The first kappa shape index (κ1) is 17.0. The lowest BCUT2D eigenvalue weighted by Gasteiger charge is -2.10. The van der Waals surface area contributed by atoms with E-state index in [2.05, 4.69) is 15.7 Å². The summed E-state index contributed by atoms with van der Waals surface area (Å²) in [6.07, 6.45) is 0. The second-order valence-corrected chi connectivity index (χ2v) is 5.95. The number of carbonyl (C=O) groups is 1. The van der Waals surface area contributed by atoms with Gasteiger partial charge < -0.3 is 15.0 Å². The fourth-order valence-electron chi connectivity index (χ4n) is 2.78. The van der Waals surface area contributed by atoms with E-state index in [1.54, 1.807) is 0 Å². The summed E-state index contributed by atoms with van der Waals surface area (Å²) in [6.45, 7) is 4.84. The topological polar surface area (TPSA) is 92.2 Å². The van der Waals surface area contributed by atoms with Gasteiger partial charge in [0.25, 0.3) is 5.91 Å². The minimum atomic E-state index is -0.237. The molecule has 0 aliphatic heterocycles. The van der Waals surface area contributed by atoms with Crippen LogP contribution in [0.25, 0.3) is 10.9 Å². The largest absolute Gasteiger partial charge is 0.489 e. The van der Waals surface area contributed by atoms with Gasteiger partial charge in [-0.2, -0.15) is 0 Å². The highest BCUT2D eigenvalue weighted by molar-refractivity contribution is 6.09. The molecule has 0 spiro atoms. The molecule has 0 radical (unpaired) electrons.